The van der Waals surface area contributed by atoms with Gasteiger partial charge in [0.1, 0.15) is 0 Å². The average Bonchev–Trinajstić information content (AvgIpc) is 2.91. The highest BCUT2D eigenvalue weighted by molar-refractivity contribution is 5.86. The van der Waals surface area contributed by atoms with E-state index in [4.69, 9.17) is 5.11 Å². The number of carbonyl (C=O) groups excluding carboxylic acids is 1. The van der Waals surface area contributed by atoms with Crippen LogP contribution in [0.5, 0.6) is 0 Å². The zero-order valence-corrected chi connectivity index (χ0v) is 10.0. The van der Waals surface area contributed by atoms with E-state index in [-0.39, 0.29) is 18.4 Å². The van der Waals surface area contributed by atoms with Crippen LogP contribution in [-0.2, 0) is 22.4 Å². The van der Waals surface area contributed by atoms with Gasteiger partial charge in [-0.15, -0.1) is 0 Å². The van der Waals surface area contributed by atoms with Gasteiger partial charge < -0.3 is 10.0 Å². The second kappa shape index (κ2) is 4.12. The van der Waals surface area contributed by atoms with E-state index >= 15 is 0 Å². The highest BCUT2D eigenvalue weighted by atomic mass is 16.4. The fourth-order valence-electron chi connectivity index (χ4n) is 3.01. The van der Waals surface area contributed by atoms with Gasteiger partial charge in [0, 0.05) is 19.0 Å². The van der Waals surface area contributed by atoms with Crippen molar-refractivity contribution in [2.75, 3.05) is 6.54 Å². The molecule has 0 aromatic heterocycles. The number of hydrogen-bond donors (Lipinski definition) is 1. The fraction of sp³-hybridized carbons (Fsp3) is 0.429. The predicted molar refractivity (Wildman–Crippen MR) is 65.1 cm³/mol. The summed E-state index contributed by atoms with van der Waals surface area (Å²) in [6.45, 7) is 0.368. The molecule has 1 heterocycles. The number of amides is 1. The van der Waals surface area contributed by atoms with Crippen LogP contribution in [0.2, 0.25) is 0 Å². The van der Waals surface area contributed by atoms with Gasteiger partial charge in [0.15, 0.2) is 0 Å². The summed E-state index contributed by atoms with van der Waals surface area (Å²) >= 11 is 0. The van der Waals surface area contributed by atoms with Gasteiger partial charge in [0.05, 0.1) is 5.92 Å². The van der Waals surface area contributed by atoms with Crippen molar-refractivity contribution in [2.24, 2.45) is 5.92 Å². The summed E-state index contributed by atoms with van der Waals surface area (Å²) in [5.74, 6) is -1.40. The van der Waals surface area contributed by atoms with Crippen LogP contribution >= 0.6 is 0 Å². The van der Waals surface area contributed by atoms with E-state index in [9.17, 15) is 9.59 Å². The third-order valence-corrected chi connectivity index (χ3v) is 3.98. The number of carbonyl (C=O) groups is 2. The molecule has 1 atom stereocenters. The SMILES string of the molecule is O=C(O)C1CC(=O)N(C2Cc3ccccc3C2)C1. The van der Waals surface area contributed by atoms with Crippen LogP contribution in [0, 0.1) is 5.92 Å². The number of benzene rings is 1. The molecule has 1 aliphatic heterocycles. The zero-order chi connectivity index (χ0) is 12.7. The number of likely N-dealkylation sites (tertiary alicyclic amines) is 1. The monoisotopic (exact) mass is 245 g/mol. The smallest absolute Gasteiger partial charge is 0.308 e. The van der Waals surface area contributed by atoms with Crippen LogP contribution in [0.15, 0.2) is 24.3 Å². The number of carboxylic acid groups (broad SMARTS) is 1. The third kappa shape index (κ3) is 1.78. The largest absolute Gasteiger partial charge is 0.481 e. The Balaban J connectivity index is 1.75. The standard InChI is InChI=1S/C14H15NO3/c16-13-7-11(14(17)18)8-15(13)12-5-9-3-1-2-4-10(9)6-12/h1-4,11-12H,5-8H2,(H,17,18). The van der Waals surface area contributed by atoms with E-state index in [2.05, 4.69) is 12.1 Å². The van der Waals surface area contributed by atoms with Crippen LogP contribution in [0.4, 0.5) is 0 Å². The molecule has 1 saturated heterocycles. The Hall–Kier alpha value is -1.84. The van der Waals surface area contributed by atoms with Gasteiger partial charge in [-0.05, 0) is 24.0 Å². The lowest BCUT2D eigenvalue weighted by molar-refractivity contribution is -0.141. The second-order valence-corrected chi connectivity index (χ2v) is 5.12. The molecule has 1 fully saturated rings. The normalized spacial score (nSPS) is 23.4. The molecule has 0 spiro atoms. The zero-order valence-electron chi connectivity index (χ0n) is 10.0. The topological polar surface area (TPSA) is 57.6 Å². The van der Waals surface area contributed by atoms with Crippen molar-refractivity contribution in [3.63, 3.8) is 0 Å². The van der Waals surface area contributed by atoms with E-state index < -0.39 is 11.9 Å². The van der Waals surface area contributed by atoms with E-state index in [0.717, 1.165) is 12.8 Å². The Morgan fingerprint density at radius 2 is 1.78 bits per heavy atom. The molecule has 1 aromatic carbocycles. The van der Waals surface area contributed by atoms with Gasteiger partial charge in [-0.25, -0.2) is 0 Å². The van der Waals surface area contributed by atoms with Crippen LogP contribution < -0.4 is 0 Å². The van der Waals surface area contributed by atoms with Gasteiger partial charge in [-0.2, -0.15) is 0 Å². The number of nitrogens with zero attached hydrogens (tertiary/aromatic N) is 1. The second-order valence-electron chi connectivity index (χ2n) is 5.12. The molecule has 94 valence electrons. The van der Waals surface area contributed by atoms with Crippen molar-refractivity contribution in [2.45, 2.75) is 25.3 Å². The van der Waals surface area contributed by atoms with Crippen molar-refractivity contribution >= 4 is 11.9 Å². The Kier molecular flexibility index (Phi) is 2.58. The first kappa shape index (κ1) is 11.3. The third-order valence-electron chi connectivity index (χ3n) is 3.98. The summed E-state index contributed by atoms with van der Waals surface area (Å²) in [6, 6.07) is 8.34. The maximum atomic E-state index is 11.9. The molecule has 1 aliphatic carbocycles. The molecular weight excluding hydrogens is 230 g/mol. The van der Waals surface area contributed by atoms with E-state index in [1.54, 1.807) is 4.90 Å². The Bertz CT molecular complexity index is 487. The maximum absolute atomic E-state index is 11.9. The van der Waals surface area contributed by atoms with Crippen molar-refractivity contribution in [3.8, 4) is 0 Å². The molecule has 1 aromatic rings. The van der Waals surface area contributed by atoms with Gasteiger partial charge in [0.2, 0.25) is 5.91 Å². The van der Waals surface area contributed by atoms with Gasteiger partial charge in [0.25, 0.3) is 0 Å². The molecule has 0 bridgehead atoms. The molecule has 4 heteroatoms. The van der Waals surface area contributed by atoms with E-state index in [0.29, 0.717) is 6.54 Å². The van der Waals surface area contributed by atoms with Gasteiger partial charge >= 0.3 is 5.97 Å². The summed E-state index contributed by atoms with van der Waals surface area (Å²) in [4.78, 5) is 24.6. The molecule has 3 rings (SSSR count). The van der Waals surface area contributed by atoms with Crippen LogP contribution in [-0.4, -0.2) is 34.5 Å². The quantitative estimate of drug-likeness (QED) is 0.848. The molecule has 1 amide bonds. The van der Waals surface area contributed by atoms with E-state index in [1.807, 2.05) is 12.1 Å². The first-order valence-corrected chi connectivity index (χ1v) is 6.24. The van der Waals surface area contributed by atoms with Crippen molar-refractivity contribution in [3.05, 3.63) is 35.4 Å². The summed E-state index contributed by atoms with van der Waals surface area (Å²) < 4.78 is 0. The van der Waals surface area contributed by atoms with Crippen molar-refractivity contribution in [1.29, 1.82) is 0 Å². The Morgan fingerprint density at radius 3 is 2.28 bits per heavy atom. The van der Waals surface area contributed by atoms with E-state index in [1.165, 1.54) is 11.1 Å². The molecule has 4 nitrogen and oxygen atoms in total. The molecule has 1 unspecified atom stereocenters. The molecular formula is C14H15NO3. The Labute approximate surface area is 105 Å². The van der Waals surface area contributed by atoms with Crippen LogP contribution in [0.3, 0.4) is 0 Å². The van der Waals surface area contributed by atoms with Gasteiger partial charge in [-0.3, -0.25) is 9.59 Å². The molecule has 2 aliphatic rings. The fourth-order valence-corrected chi connectivity index (χ4v) is 3.01. The number of fused-ring (bicyclic) bond motifs is 1. The number of aliphatic carboxylic acids is 1. The number of carboxylic acids is 1. The van der Waals surface area contributed by atoms with Crippen LogP contribution in [0.25, 0.3) is 0 Å². The van der Waals surface area contributed by atoms with Crippen molar-refractivity contribution in [1.82, 2.24) is 4.90 Å². The summed E-state index contributed by atoms with van der Waals surface area (Å²) in [5.41, 5.74) is 2.57. The first-order valence-electron chi connectivity index (χ1n) is 6.24. The average molecular weight is 245 g/mol. The minimum atomic E-state index is -0.860. The minimum Gasteiger partial charge on any atom is -0.481 e. The lowest BCUT2D eigenvalue weighted by Crippen LogP contribution is -2.37. The molecule has 0 saturated carbocycles. The molecule has 1 N–H and O–H groups in total. The number of hydrogen-bond acceptors (Lipinski definition) is 2. The van der Waals surface area contributed by atoms with Gasteiger partial charge in [-0.1, -0.05) is 24.3 Å². The summed E-state index contributed by atoms with van der Waals surface area (Å²) in [5, 5.41) is 8.99. The first-order chi connectivity index (χ1) is 8.65. The summed E-state index contributed by atoms with van der Waals surface area (Å²) in [7, 11) is 0. The summed E-state index contributed by atoms with van der Waals surface area (Å²) in [6.07, 6.45) is 1.87. The minimum absolute atomic E-state index is 0.0137. The molecule has 0 radical (unpaired) electrons. The Morgan fingerprint density at radius 1 is 1.17 bits per heavy atom. The lowest BCUT2D eigenvalue weighted by atomic mass is 10.1. The molecule has 18 heavy (non-hydrogen) atoms. The van der Waals surface area contributed by atoms with Crippen molar-refractivity contribution < 1.29 is 14.7 Å². The lowest BCUT2D eigenvalue weighted by Gasteiger charge is -2.23. The highest BCUT2D eigenvalue weighted by Crippen LogP contribution is 2.29. The number of rotatable bonds is 2. The highest BCUT2D eigenvalue weighted by Gasteiger charge is 2.39. The predicted octanol–water partition coefficient (Wildman–Crippen LogP) is 1.09. The maximum Gasteiger partial charge on any atom is 0.308 e. The van der Waals surface area contributed by atoms with Crippen LogP contribution in [0.1, 0.15) is 17.5 Å².